The van der Waals surface area contributed by atoms with Crippen molar-refractivity contribution in [1.82, 2.24) is 29.1 Å². The monoisotopic (exact) mass is 443 g/mol. The van der Waals surface area contributed by atoms with E-state index in [-0.39, 0.29) is 0 Å². The molecule has 4 N–H and O–H groups in total. The summed E-state index contributed by atoms with van der Waals surface area (Å²) in [5.74, 6) is 1.48. The van der Waals surface area contributed by atoms with Gasteiger partial charge in [0.25, 0.3) is 0 Å². The number of carbonyl (C=O) groups is 1. The molecule has 11 nitrogen and oxygen atoms in total. The number of pyridine rings is 1. The van der Waals surface area contributed by atoms with E-state index in [0.717, 1.165) is 35.1 Å². The summed E-state index contributed by atoms with van der Waals surface area (Å²) in [6.07, 6.45) is 10.0. The van der Waals surface area contributed by atoms with Gasteiger partial charge >= 0.3 is 6.03 Å². The number of aromatic nitrogens is 6. The van der Waals surface area contributed by atoms with Gasteiger partial charge in [-0.25, -0.2) is 19.7 Å². The zero-order valence-corrected chi connectivity index (χ0v) is 17.8. The average molecular weight is 443 g/mol. The summed E-state index contributed by atoms with van der Waals surface area (Å²) in [5, 5.41) is 10.2. The quantitative estimate of drug-likeness (QED) is 0.374. The van der Waals surface area contributed by atoms with Gasteiger partial charge in [-0.05, 0) is 25.0 Å². The summed E-state index contributed by atoms with van der Waals surface area (Å²) >= 11 is 0. The van der Waals surface area contributed by atoms with Crippen molar-refractivity contribution in [3.05, 3.63) is 48.9 Å². The third-order valence-corrected chi connectivity index (χ3v) is 5.80. The highest BCUT2D eigenvalue weighted by Gasteiger charge is 2.28. The van der Waals surface area contributed by atoms with Crippen molar-refractivity contribution in [2.45, 2.75) is 32.2 Å². The summed E-state index contributed by atoms with van der Waals surface area (Å²) in [5.41, 5.74) is 10.0. The molecule has 11 heteroatoms. The third kappa shape index (κ3) is 3.25. The van der Waals surface area contributed by atoms with E-state index in [0.29, 0.717) is 41.2 Å². The minimum Gasteiger partial charge on any atom is -0.383 e. The molecule has 0 unspecified atom stereocenters. The molecule has 1 fully saturated rings. The number of rotatable bonds is 5. The molecule has 5 aromatic heterocycles. The summed E-state index contributed by atoms with van der Waals surface area (Å²) in [6.45, 7) is 1.95. The van der Waals surface area contributed by atoms with Gasteiger partial charge in [0.1, 0.15) is 23.6 Å². The second-order valence-electron chi connectivity index (χ2n) is 8.00. The number of hydrogen-bond donors (Lipinski definition) is 3. The number of imidazole rings is 1. The predicted octanol–water partition coefficient (Wildman–Crippen LogP) is 3.86. The van der Waals surface area contributed by atoms with Gasteiger partial charge in [-0.2, -0.15) is 0 Å². The highest BCUT2D eigenvalue weighted by molar-refractivity contribution is 6.03. The van der Waals surface area contributed by atoms with E-state index >= 15 is 0 Å². The Balaban J connectivity index is 1.38. The van der Waals surface area contributed by atoms with Crippen LogP contribution in [0.2, 0.25) is 0 Å². The Bertz CT molecular complexity index is 1510. The summed E-state index contributed by atoms with van der Waals surface area (Å²) in [6, 6.07) is 5.43. The van der Waals surface area contributed by atoms with Crippen LogP contribution >= 0.6 is 0 Å². The lowest BCUT2D eigenvalue weighted by Gasteiger charge is -2.10. The first-order valence-corrected chi connectivity index (χ1v) is 10.7. The number of aryl methyl sites for hydroxylation is 1. The molecule has 0 bridgehead atoms. The number of nitrogens with one attached hydrogen (secondary N) is 2. The second kappa shape index (κ2) is 7.33. The topological polar surface area (TPSA) is 141 Å². The minimum absolute atomic E-state index is 0.351. The lowest BCUT2D eigenvalue weighted by atomic mass is 10.1. The lowest BCUT2D eigenvalue weighted by molar-refractivity contribution is 0.262. The Morgan fingerprint density at radius 1 is 1.21 bits per heavy atom. The molecule has 0 saturated heterocycles. The molecule has 33 heavy (non-hydrogen) atoms. The molecule has 0 spiro atoms. The number of nitrogen functional groups attached to an aromatic ring is 1. The maximum atomic E-state index is 12.5. The van der Waals surface area contributed by atoms with E-state index < -0.39 is 6.03 Å². The number of fused-ring (bicyclic) bond motifs is 2. The van der Waals surface area contributed by atoms with E-state index in [2.05, 4.69) is 41.5 Å². The Hall–Kier alpha value is -4.41. The molecule has 5 aromatic rings. The van der Waals surface area contributed by atoms with Crippen molar-refractivity contribution in [3.8, 4) is 11.3 Å². The van der Waals surface area contributed by atoms with Crippen LogP contribution in [0.25, 0.3) is 27.9 Å². The first kappa shape index (κ1) is 19.3. The zero-order valence-electron chi connectivity index (χ0n) is 17.8. The Morgan fingerprint density at radius 3 is 2.88 bits per heavy atom. The Kier molecular flexibility index (Phi) is 4.28. The van der Waals surface area contributed by atoms with Crippen molar-refractivity contribution in [3.63, 3.8) is 0 Å². The van der Waals surface area contributed by atoms with Gasteiger partial charge in [0.2, 0.25) is 0 Å². The van der Waals surface area contributed by atoms with Crippen LogP contribution in [-0.2, 0) is 6.42 Å². The lowest BCUT2D eigenvalue weighted by Crippen LogP contribution is -2.20. The number of amides is 2. The fraction of sp³-hybridized carbons (Fsp3) is 0.227. The smallest absolute Gasteiger partial charge is 0.325 e. The van der Waals surface area contributed by atoms with E-state index in [9.17, 15) is 4.79 Å². The van der Waals surface area contributed by atoms with Gasteiger partial charge < -0.3 is 20.1 Å². The molecule has 6 rings (SSSR count). The molecule has 0 aromatic carbocycles. The van der Waals surface area contributed by atoms with Crippen LogP contribution in [-0.4, -0.2) is 35.1 Å². The van der Waals surface area contributed by atoms with Crippen LogP contribution in [0.4, 0.5) is 22.1 Å². The van der Waals surface area contributed by atoms with Crippen molar-refractivity contribution in [2.24, 2.45) is 0 Å². The van der Waals surface area contributed by atoms with Gasteiger partial charge in [0.05, 0.1) is 16.8 Å². The third-order valence-electron chi connectivity index (χ3n) is 5.80. The Labute approximate surface area is 187 Å². The molecular formula is C22H21N9O2. The second-order valence-corrected chi connectivity index (χ2v) is 8.00. The number of hydrogen-bond acceptors (Lipinski definition) is 7. The minimum atomic E-state index is -0.438. The van der Waals surface area contributed by atoms with E-state index in [1.165, 1.54) is 6.33 Å². The van der Waals surface area contributed by atoms with Gasteiger partial charge in [-0.15, -0.1) is 0 Å². The van der Waals surface area contributed by atoms with Gasteiger partial charge in [0.15, 0.2) is 11.5 Å². The summed E-state index contributed by atoms with van der Waals surface area (Å²) in [4.78, 5) is 25.7. The number of urea groups is 1. The van der Waals surface area contributed by atoms with Gasteiger partial charge in [-0.1, -0.05) is 12.1 Å². The molecule has 2 amide bonds. The number of carbonyl (C=O) groups excluding carboxylic acids is 1. The standard InChI is InChI=1S/C22H21N9O2/c1-2-13-9-17(29-33-13)28-22(32)27-15-5-6-16(30-8-7-24-20(15)30)14-10-31(12-3-4-12)21-18(14)19(23)25-11-26-21/h5-12H,2-4H2,1H3,(H2,23,25,26)(H2,27,28,29,32). The van der Waals surface area contributed by atoms with Crippen LogP contribution in [0.5, 0.6) is 0 Å². The van der Waals surface area contributed by atoms with Crippen LogP contribution in [0, 0.1) is 0 Å². The van der Waals surface area contributed by atoms with E-state index in [1.54, 1.807) is 12.3 Å². The molecule has 0 atom stereocenters. The van der Waals surface area contributed by atoms with Crippen LogP contribution in [0.3, 0.4) is 0 Å². The fourth-order valence-corrected chi connectivity index (χ4v) is 4.07. The predicted molar refractivity (Wildman–Crippen MR) is 123 cm³/mol. The molecule has 1 aliphatic carbocycles. The first-order chi connectivity index (χ1) is 16.1. The van der Waals surface area contributed by atoms with Crippen LogP contribution < -0.4 is 16.4 Å². The number of nitrogens with two attached hydrogens (primary N) is 1. The average Bonchev–Trinajstić information content (AvgIpc) is 3.21. The summed E-state index contributed by atoms with van der Waals surface area (Å²) in [7, 11) is 0. The SMILES string of the molecule is CCc1cc(NC(=O)Nc2ccc(-c3cn(C4CC4)c4ncnc(N)c34)n3ccnc23)no1. The molecule has 0 aliphatic heterocycles. The number of nitrogens with zero attached hydrogens (tertiary/aromatic N) is 6. The molecule has 0 radical (unpaired) electrons. The highest BCUT2D eigenvalue weighted by Crippen LogP contribution is 2.42. The molecule has 166 valence electrons. The molecule has 1 aliphatic rings. The van der Waals surface area contributed by atoms with Crippen molar-refractivity contribution in [2.75, 3.05) is 16.4 Å². The van der Waals surface area contributed by atoms with Crippen LogP contribution in [0.1, 0.15) is 31.6 Å². The fourth-order valence-electron chi connectivity index (χ4n) is 4.07. The largest absolute Gasteiger partial charge is 0.383 e. The number of anilines is 3. The van der Waals surface area contributed by atoms with Gasteiger partial charge in [-0.3, -0.25) is 9.72 Å². The van der Waals surface area contributed by atoms with Crippen LogP contribution in [0.15, 0.2) is 47.6 Å². The highest BCUT2D eigenvalue weighted by atomic mass is 16.5. The molecule has 1 saturated carbocycles. The maximum Gasteiger partial charge on any atom is 0.325 e. The molecular weight excluding hydrogens is 422 g/mol. The van der Waals surface area contributed by atoms with E-state index in [1.807, 2.05) is 29.7 Å². The van der Waals surface area contributed by atoms with Crippen molar-refractivity contribution in [1.29, 1.82) is 0 Å². The zero-order chi connectivity index (χ0) is 22.5. The normalized spacial score (nSPS) is 13.6. The Morgan fingerprint density at radius 2 is 2.09 bits per heavy atom. The maximum absolute atomic E-state index is 12.5. The summed E-state index contributed by atoms with van der Waals surface area (Å²) < 4.78 is 9.21. The van der Waals surface area contributed by atoms with Gasteiger partial charge in [0, 0.05) is 42.7 Å². The van der Waals surface area contributed by atoms with Crippen molar-refractivity contribution >= 4 is 40.0 Å². The van der Waals surface area contributed by atoms with Crippen molar-refractivity contribution < 1.29 is 9.32 Å². The first-order valence-electron chi connectivity index (χ1n) is 10.7. The molecule has 5 heterocycles. The van der Waals surface area contributed by atoms with E-state index in [4.69, 9.17) is 10.3 Å².